The minimum absolute atomic E-state index is 0.0520. The highest BCUT2D eigenvalue weighted by molar-refractivity contribution is 5.74. The Morgan fingerprint density at radius 2 is 2.07 bits per heavy atom. The van der Waals surface area contributed by atoms with E-state index in [1.54, 1.807) is 11.6 Å². The maximum Gasteiger partial charge on any atom is 0.329 e. The Labute approximate surface area is 168 Å². The number of aromatic amines is 1. The Bertz CT molecular complexity index is 1110. The minimum atomic E-state index is -0.885. The summed E-state index contributed by atoms with van der Waals surface area (Å²) in [6, 6.07) is 7.55. The first kappa shape index (κ1) is 20.7. The number of nitrogens with one attached hydrogen (secondary N) is 2. The van der Waals surface area contributed by atoms with Crippen LogP contribution >= 0.6 is 0 Å². The molecule has 0 radical (unpaired) electrons. The van der Waals surface area contributed by atoms with Gasteiger partial charge in [-0.2, -0.15) is 4.98 Å². The van der Waals surface area contributed by atoms with Gasteiger partial charge in [-0.1, -0.05) is 26.0 Å². The largest absolute Gasteiger partial charge is 0.491 e. The van der Waals surface area contributed by atoms with E-state index in [4.69, 9.17) is 4.74 Å². The highest BCUT2D eigenvalue weighted by Crippen LogP contribution is 2.17. The summed E-state index contributed by atoms with van der Waals surface area (Å²) in [7, 11) is 1.54. The number of anilines is 1. The second kappa shape index (κ2) is 8.52. The van der Waals surface area contributed by atoms with Crippen molar-refractivity contribution in [3.05, 3.63) is 50.7 Å². The van der Waals surface area contributed by atoms with Crippen molar-refractivity contribution in [2.75, 3.05) is 18.5 Å². The third-order valence-corrected chi connectivity index (χ3v) is 4.50. The van der Waals surface area contributed by atoms with Crippen LogP contribution in [-0.4, -0.2) is 43.5 Å². The molecule has 9 nitrogen and oxygen atoms in total. The Morgan fingerprint density at radius 3 is 2.76 bits per heavy atom. The standard InChI is InChI=1S/C20H27N5O4/c1-12(2)9-21-19-22-17-16(18(27)23-20(28)24(17)4)25(19)10-14(26)11-29-15-7-5-6-13(3)8-15/h5-8,12,14,26H,9-11H2,1-4H3,(H,21,22)(H,23,27,28)/t14-/m0/s1. The van der Waals surface area contributed by atoms with Gasteiger partial charge in [0.1, 0.15) is 18.5 Å². The summed E-state index contributed by atoms with van der Waals surface area (Å²) in [5.74, 6) is 1.44. The summed E-state index contributed by atoms with van der Waals surface area (Å²) in [5.41, 5.74) is 0.473. The Kier molecular flexibility index (Phi) is 6.07. The van der Waals surface area contributed by atoms with Gasteiger partial charge in [0, 0.05) is 13.6 Å². The molecule has 1 aromatic carbocycles. The fourth-order valence-electron chi connectivity index (χ4n) is 3.00. The lowest BCUT2D eigenvalue weighted by Crippen LogP contribution is -2.31. The number of ether oxygens (including phenoxy) is 1. The molecule has 0 amide bonds. The van der Waals surface area contributed by atoms with Crippen molar-refractivity contribution in [2.24, 2.45) is 13.0 Å². The third-order valence-electron chi connectivity index (χ3n) is 4.50. The second-order valence-electron chi connectivity index (χ2n) is 7.59. The molecule has 0 saturated heterocycles. The Hall–Kier alpha value is -3.07. The van der Waals surface area contributed by atoms with Crippen molar-refractivity contribution in [3.8, 4) is 5.75 Å². The molecule has 0 unspecified atom stereocenters. The van der Waals surface area contributed by atoms with Gasteiger partial charge in [-0.25, -0.2) is 4.79 Å². The van der Waals surface area contributed by atoms with E-state index in [1.807, 2.05) is 45.0 Å². The number of aryl methyl sites for hydroxylation is 2. The average Bonchev–Trinajstić information content (AvgIpc) is 3.02. The second-order valence-corrected chi connectivity index (χ2v) is 7.59. The zero-order valence-corrected chi connectivity index (χ0v) is 17.1. The van der Waals surface area contributed by atoms with Crippen LogP contribution in [0.1, 0.15) is 19.4 Å². The Morgan fingerprint density at radius 1 is 1.31 bits per heavy atom. The van der Waals surface area contributed by atoms with Crippen molar-refractivity contribution >= 4 is 17.1 Å². The maximum absolute atomic E-state index is 12.5. The van der Waals surface area contributed by atoms with Crippen LogP contribution in [0.15, 0.2) is 33.9 Å². The smallest absolute Gasteiger partial charge is 0.329 e. The van der Waals surface area contributed by atoms with Gasteiger partial charge < -0.3 is 19.7 Å². The predicted octanol–water partition coefficient (Wildman–Crippen LogP) is 1.24. The van der Waals surface area contributed by atoms with E-state index >= 15 is 0 Å². The molecule has 0 bridgehead atoms. The van der Waals surface area contributed by atoms with Crippen LogP contribution < -0.4 is 21.3 Å². The number of hydrogen-bond acceptors (Lipinski definition) is 6. The molecule has 3 N–H and O–H groups in total. The van der Waals surface area contributed by atoms with Crippen LogP contribution in [0.25, 0.3) is 11.2 Å². The number of rotatable bonds is 8. The van der Waals surface area contributed by atoms with Gasteiger partial charge in [0.2, 0.25) is 5.95 Å². The number of aliphatic hydroxyl groups is 1. The van der Waals surface area contributed by atoms with Gasteiger partial charge in [0.15, 0.2) is 11.2 Å². The van der Waals surface area contributed by atoms with E-state index in [2.05, 4.69) is 15.3 Å². The van der Waals surface area contributed by atoms with Gasteiger partial charge in [-0.3, -0.25) is 14.3 Å². The first-order valence-corrected chi connectivity index (χ1v) is 9.57. The van der Waals surface area contributed by atoms with Crippen LogP contribution in [0.3, 0.4) is 0 Å². The molecule has 0 aliphatic carbocycles. The average molecular weight is 401 g/mol. The number of benzene rings is 1. The molecule has 3 rings (SSSR count). The van der Waals surface area contributed by atoms with Crippen LogP contribution in [0.2, 0.25) is 0 Å². The van der Waals surface area contributed by atoms with E-state index in [0.29, 0.717) is 24.2 Å². The number of fused-ring (bicyclic) bond motifs is 1. The third kappa shape index (κ3) is 4.68. The lowest BCUT2D eigenvalue weighted by molar-refractivity contribution is 0.0938. The molecule has 1 atom stereocenters. The number of H-pyrrole nitrogens is 1. The number of aromatic nitrogens is 4. The molecule has 0 aliphatic rings. The lowest BCUT2D eigenvalue weighted by atomic mass is 10.2. The van der Waals surface area contributed by atoms with E-state index in [9.17, 15) is 14.7 Å². The van der Waals surface area contributed by atoms with Gasteiger partial charge in [-0.05, 0) is 30.5 Å². The summed E-state index contributed by atoms with van der Waals surface area (Å²) in [4.78, 5) is 31.1. The molecule has 2 heterocycles. The van der Waals surface area contributed by atoms with Crippen molar-refractivity contribution in [1.82, 2.24) is 19.1 Å². The fourth-order valence-corrected chi connectivity index (χ4v) is 3.00. The minimum Gasteiger partial charge on any atom is -0.491 e. The summed E-state index contributed by atoms with van der Waals surface area (Å²) in [6.45, 7) is 6.83. The summed E-state index contributed by atoms with van der Waals surface area (Å²) in [5, 5.41) is 13.7. The van der Waals surface area contributed by atoms with Crippen molar-refractivity contribution in [3.63, 3.8) is 0 Å². The van der Waals surface area contributed by atoms with E-state index < -0.39 is 17.4 Å². The number of aliphatic hydroxyl groups excluding tert-OH is 1. The maximum atomic E-state index is 12.5. The molecule has 9 heteroatoms. The van der Waals surface area contributed by atoms with Crippen LogP contribution in [0.5, 0.6) is 5.75 Å². The molecule has 3 aromatic rings. The molecule has 156 valence electrons. The van der Waals surface area contributed by atoms with Crippen LogP contribution in [0, 0.1) is 12.8 Å². The molecule has 0 fully saturated rings. The van der Waals surface area contributed by atoms with Crippen LogP contribution in [-0.2, 0) is 13.6 Å². The fraction of sp³-hybridized carbons (Fsp3) is 0.450. The van der Waals surface area contributed by atoms with E-state index in [0.717, 1.165) is 5.56 Å². The SMILES string of the molecule is Cc1cccc(OC[C@@H](O)Cn2c(NCC(C)C)nc3c2c(=O)[nH]c(=O)n3C)c1. The monoisotopic (exact) mass is 401 g/mol. The zero-order chi connectivity index (χ0) is 21.1. The quantitative estimate of drug-likeness (QED) is 0.523. The topological polar surface area (TPSA) is 114 Å². The normalized spacial score (nSPS) is 12.5. The number of nitrogens with zero attached hydrogens (tertiary/aromatic N) is 3. The highest BCUT2D eigenvalue weighted by atomic mass is 16.5. The van der Waals surface area contributed by atoms with Crippen molar-refractivity contribution in [1.29, 1.82) is 0 Å². The summed E-state index contributed by atoms with van der Waals surface area (Å²) < 4.78 is 8.55. The molecule has 0 saturated carbocycles. The molecule has 0 aliphatic heterocycles. The number of hydrogen-bond donors (Lipinski definition) is 3. The summed E-state index contributed by atoms with van der Waals surface area (Å²) >= 11 is 0. The molecular formula is C20H27N5O4. The van der Waals surface area contributed by atoms with Gasteiger partial charge in [0.05, 0.1) is 6.54 Å². The summed E-state index contributed by atoms with van der Waals surface area (Å²) in [6.07, 6.45) is -0.885. The lowest BCUT2D eigenvalue weighted by Gasteiger charge is -2.16. The first-order chi connectivity index (χ1) is 13.8. The van der Waals surface area contributed by atoms with Gasteiger partial charge in [0.25, 0.3) is 5.56 Å². The number of imidazole rings is 1. The Balaban J connectivity index is 1.89. The highest BCUT2D eigenvalue weighted by Gasteiger charge is 2.20. The van der Waals surface area contributed by atoms with E-state index in [1.165, 1.54) is 4.57 Å². The van der Waals surface area contributed by atoms with Crippen molar-refractivity contribution < 1.29 is 9.84 Å². The molecule has 2 aromatic heterocycles. The first-order valence-electron chi connectivity index (χ1n) is 9.57. The van der Waals surface area contributed by atoms with Gasteiger partial charge in [-0.15, -0.1) is 0 Å². The molecular weight excluding hydrogens is 374 g/mol. The van der Waals surface area contributed by atoms with Gasteiger partial charge >= 0.3 is 5.69 Å². The molecule has 0 spiro atoms. The van der Waals surface area contributed by atoms with E-state index in [-0.39, 0.29) is 24.3 Å². The zero-order valence-electron chi connectivity index (χ0n) is 17.1. The molecule has 29 heavy (non-hydrogen) atoms. The predicted molar refractivity (Wildman–Crippen MR) is 112 cm³/mol. The van der Waals surface area contributed by atoms with Crippen molar-refractivity contribution in [2.45, 2.75) is 33.4 Å². The van der Waals surface area contributed by atoms with Crippen LogP contribution in [0.4, 0.5) is 5.95 Å².